The smallest absolute Gasteiger partial charge is 0.192 e. The molecule has 2 aromatic heterocycles. The van der Waals surface area contributed by atoms with Gasteiger partial charge in [-0.15, -0.1) is 0 Å². The van der Waals surface area contributed by atoms with E-state index in [1.54, 1.807) is 16.9 Å². The van der Waals surface area contributed by atoms with Crippen molar-refractivity contribution in [3.05, 3.63) is 46.7 Å². The van der Waals surface area contributed by atoms with Gasteiger partial charge >= 0.3 is 0 Å². The molecule has 138 valence electrons. The molecular weight excluding hydrogens is 410 g/mol. The molecule has 0 spiro atoms. The van der Waals surface area contributed by atoms with Gasteiger partial charge in [0.2, 0.25) is 0 Å². The number of fused-ring (bicyclic) bond motifs is 1. The molecule has 0 saturated heterocycles. The summed E-state index contributed by atoms with van der Waals surface area (Å²) < 4.78 is 8.80. The van der Waals surface area contributed by atoms with Crippen LogP contribution in [0.2, 0.25) is 18.1 Å². The van der Waals surface area contributed by atoms with E-state index in [0.717, 1.165) is 15.7 Å². The van der Waals surface area contributed by atoms with Crippen molar-refractivity contribution in [3.63, 3.8) is 0 Å². The van der Waals surface area contributed by atoms with Crippen molar-refractivity contribution in [3.8, 4) is 11.6 Å². The van der Waals surface area contributed by atoms with Gasteiger partial charge in [-0.05, 0) is 42.4 Å². The van der Waals surface area contributed by atoms with Gasteiger partial charge in [-0.1, -0.05) is 42.8 Å². The Morgan fingerprint density at radius 3 is 2.65 bits per heavy atom. The standard InChI is InChI=1S/C19H24BrN3O2Si/c1-19(2,3)26(4,5)25-12-14-7-6-8-18(22-14)23-16-9-13(20)10-17(24)15(16)11-21-23/h6-11,24H,12H2,1-5H3. The van der Waals surface area contributed by atoms with Gasteiger partial charge in [0.05, 0.1) is 29.4 Å². The van der Waals surface area contributed by atoms with Crippen LogP contribution in [0.4, 0.5) is 0 Å². The van der Waals surface area contributed by atoms with Gasteiger partial charge in [-0.2, -0.15) is 5.10 Å². The first-order valence-electron chi connectivity index (χ1n) is 8.55. The molecule has 5 nitrogen and oxygen atoms in total. The molecule has 1 N–H and O–H groups in total. The van der Waals surface area contributed by atoms with Gasteiger partial charge in [0.1, 0.15) is 5.75 Å². The largest absolute Gasteiger partial charge is 0.507 e. The van der Waals surface area contributed by atoms with Crippen LogP contribution in [-0.4, -0.2) is 28.2 Å². The predicted molar refractivity (Wildman–Crippen MR) is 110 cm³/mol. The van der Waals surface area contributed by atoms with Crippen molar-refractivity contribution in [1.82, 2.24) is 14.8 Å². The van der Waals surface area contributed by atoms with E-state index < -0.39 is 8.32 Å². The van der Waals surface area contributed by atoms with Gasteiger partial charge in [-0.25, -0.2) is 9.67 Å². The van der Waals surface area contributed by atoms with Crippen LogP contribution >= 0.6 is 15.9 Å². The Kier molecular flexibility index (Phi) is 4.98. The third kappa shape index (κ3) is 3.70. The molecule has 0 unspecified atom stereocenters. The maximum absolute atomic E-state index is 10.1. The molecule has 0 amide bonds. The predicted octanol–water partition coefficient (Wildman–Crippen LogP) is 5.41. The Labute approximate surface area is 163 Å². The number of hydrogen-bond donors (Lipinski definition) is 1. The zero-order valence-electron chi connectivity index (χ0n) is 15.7. The minimum absolute atomic E-state index is 0.159. The molecule has 3 rings (SSSR count). The molecule has 7 heteroatoms. The zero-order valence-corrected chi connectivity index (χ0v) is 18.3. The first-order valence-corrected chi connectivity index (χ1v) is 12.3. The summed E-state index contributed by atoms with van der Waals surface area (Å²) in [6.45, 7) is 11.6. The van der Waals surface area contributed by atoms with Gasteiger partial charge in [0, 0.05) is 4.47 Å². The van der Waals surface area contributed by atoms with Gasteiger partial charge in [0.25, 0.3) is 0 Å². The summed E-state index contributed by atoms with van der Waals surface area (Å²) in [5, 5.41) is 15.3. The Balaban J connectivity index is 1.91. The van der Waals surface area contributed by atoms with Crippen molar-refractivity contribution in [2.24, 2.45) is 0 Å². The monoisotopic (exact) mass is 433 g/mol. The summed E-state index contributed by atoms with van der Waals surface area (Å²) in [6.07, 6.45) is 1.65. The molecule has 0 fully saturated rings. The van der Waals surface area contributed by atoms with Gasteiger partial charge in [-0.3, -0.25) is 0 Å². The second-order valence-electron chi connectivity index (χ2n) is 7.95. The fraction of sp³-hybridized carbons (Fsp3) is 0.368. The summed E-state index contributed by atoms with van der Waals surface area (Å²) in [5.74, 6) is 0.895. The van der Waals surface area contributed by atoms with E-state index in [0.29, 0.717) is 17.8 Å². The molecule has 0 atom stereocenters. The molecule has 2 heterocycles. The van der Waals surface area contributed by atoms with Crippen LogP contribution in [-0.2, 0) is 11.0 Å². The number of phenols is 1. The van der Waals surface area contributed by atoms with E-state index in [1.165, 1.54) is 0 Å². The summed E-state index contributed by atoms with van der Waals surface area (Å²) >= 11 is 3.42. The molecule has 0 aliphatic rings. The van der Waals surface area contributed by atoms with E-state index in [2.05, 4.69) is 54.9 Å². The lowest BCUT2D eigenvalue weighted by molar-refractivity contribution is 0.272. The molecule has 3 aromatic rings. The SMILES string of the molecule is CC(C)(C)[Si](C)(C)OCc1cccc(-n2ncc3c(O)cc(Br)cc32)n1. The summed E-state index contributed by atoms with van der Waals surface area (Å²) in [5.41, 5.74) is 1.67. The molecular formula is C19H24BrN3O2Si. The van der Waals surface area contributed by atoms with Crippen molar-refractivity contribution in [2.75, 3.05) is 0 Å². The number of rotatable bonds is 4. The molecule has 0 aliphatic carbocycles. The van der Waals surface area contributed by atoms with Crippen LogP contribution in [0.3, 0.4) is 0 Å². The normalized spacial score (nSPS) is 12.7. The van der Waals surface area contributed by atoms with Crippen molar-refractivity contribution in [1.29, 1.82) is 0 Å². The van der Waals surface area contributed by atoms with E-state index in [9.17, 15) is 5.11 Å². The molecule has 0 aliphatic heterocycles. The van der Waals surface area contributed by atoms with Crippen LogP contribution < -0.4 is 0 Å². The Morgan fingerprint density at radius 1 is 1.23 bits per heavy atom. The van der Waals surface area contributed by atoms with Crippen LogP contribution in [0.1, 0.15) is 26.5 Å². The third-order valence-electron chi connectivity index (χ3n) is 5.03. The van der Waals surface area contributed by atoms with Crippen LogP contribution in [0.5, 0.6) is 5.75 Å². The third-order valence-corrected chi connectivity index (χ3v) is 9.96. The molecule has 26 heavy (non-hydrogen) atoms. The Bertz CT molecular complexity index is 948. The van der Waals surface area contributed by atoms with Crippen molar-refractivity contribution < 1.29 is 9.53 Å². The lowest BCUT2D eigenvalue weighted by Crippen LogP contribution is -2.40. The van der Waals surface area contributed by atoms with Crippen molar-refractivity contribution in [2.45, 2.75) is 45.5 Å². The number of phenolic OH excluding ortho intramolecular Hbond substituents is 1. The average molecular weight is 434 g/mol. The highest BCUT2D eigenvalue weighted by atomic mass is 79.9. The van der Waals surface area contributed by atoms with Crippen LogP contribution in [0.15, 0.2) is 41.0 Å². The number of pyridine rings is 1. The van der Waals surface area contributed by atoms with E-state index in [4.69, 9.17) is 9.41 Å². The Morgan fingerprint density at radius 2 is 1.96 bits per heavy atom. The summed E-state index contributed by atoms with van der Waals surface area (Å²) in [4.78, 5) is 4.71. The quantitative estimate of drug-likeness (QED) is 0.558. The number of benzene rings is 1. The zero-order chi connectivity index (χ0) is 19.1. The lowest BCUT2D eigenvalue weighted by atomic mass is 10.2. The van der Waals surface area contributed by atoms with Gasteiger partial charge < -0.3 is 9.53 Å². The summed E-state index contributed by atoms with van der Waals surface area (Å²) in [6, 6.07) is 9.40. The lowest BCUT2D eigenvalue weighted by Gasteiger charge is -2.36. The first kappa shape index (κ1) is 19.1. The van der Waals surface area contributed by atoms with Crippen LogP contribution in [0.25, 0.3) is 16.7 Å². The van der Waals surface area contributed by atoms with Crippen molar-refractivity contribution >= 4 is 35.2 Å². The topological polar surface area (TPSA) is 60.2 Å². The molecule has 1 aromatic carbocycles. The minimum Gasteiger partial charge on any atom is -0.507 e. The fourth-order valence-electron chi connectivity index (χ4n) is 2.39. The molecule has 0 saturated carbocycles. The number of aromatic nitrogens is 3. The highest BCUT2D eigenvalue weighted by Crippen LogP contribution is 2.37. The highest BCUT2D eigenvalue weighted by molar-refractivity contribution is 9.10. The van der Waals surface area contributed by atoms with E-state index in [-0.39, 0.29) is 10.8 Å². The summed E-state index contributed by atoms with van der Waals surface area (Å²) in [7, 11) is -1.83. The van der Waals surface area contributed by atoms with E-state index in [1.807, 2.05) is 24.3 Å². The molecule has 0 bridgehead atoms. The number of hydrogen-bond acceptors (Lipinski definition) is 4. The maximum atomic E-state index is 10.1. The van der Waals surface area contributed by atoms with E-state index >= 15 is 0 Å². The highest BCUT2D eigenvalue weighted by Gasteiger charge is 2.37. The number of halogens is 1. The second-order valence-corrected chi connectivity index (χ2v) is 13.7. The fourth-order valence-corrected chi connectivity index (χ4v) is 3.77. The maximum Gasteiger partial charge on any atom is 0.192 e. The van der Waals surface area contributed by atoms with Crippen LogP contribution in [0, 0.1) is 0 Å². The minimum atomic E-state index is -1.83. The second kappa shape index (κ2) is 6.79. The molecule has 0 radical (unpaired) electrons. The van der Waals surface area contributed by atoms with Gasteiger partial charge in [0.15, 0.2) is 14.1 Å². The number of aromatic hydroxyl groups is 1. The Hall–Kier alpha value is -1.70. The number of nitrogens with zero attached hydrogens (tertiary/aromatic N) is 3. The average Bonchev–Trinajstić information content (AvgIpc) is 2.96. The first-order chi connectivity index (χ1) is 12.1.